The zero-order valence-corrected chi connectivity index (χ0v) is 13.1. The quantitative estimate of drug-likeness (QED) is 0.770. The Hall–Kier alpha value is -0.0400. The molecule has 0 aromatic heterocycles. The molecule has 2 fully saturated rings. The maximum Gasteiger partial charge on any atom is -0.00126 e. The SMILES string of the molecule is CC1CCC(C(C)C)C2(CCNCC2C(C)C)C1. The molecule has 1 heterocycles. The van der Waals surface area contributed by atoms with Crippen LogP contribution >= 0.6 is 0 Å². The van der Waals surface area contributed by atoms with Gasteiger partial charge in [-0.3, -0.25) is 0 Å². The molecule has 0 radical (unpaired) electrons. The Labute approximate surface area is 114 Å². The van der Waals surface area contributed by atoms with Crippen molar-refractivity contribution >= 4 is 0 Å². The number of hydrogen-bond acceptors (Lipinski definition) is 1. The van der Waals surface area contributed by atoms with Gasteiger partial charge in [0.05, 0.1) is 0 Å². The predicted octanol–water partition coefficient (Wildman–Crippen LogP) is 4.33. The lowest BCUT2D eigenvalue weighted by Crippen LogP contribution is -2.54. The van der Waals surface area contributed by atoms with E-state index in [1.165, 1.54) is 38.8 Å². The zero-order chi connectivity index (χ0) is 13.3. The summed E-state index contributed by atoms with van der Waals surface area (Å²) in [6, 6.07) is 0. The van der Waals surface area contributed by atoms with Gasteiger partial charge in [-0.15, -0.1) is 0 Å². The van der Waals surface area contributed by atoms with Crippen molar-refractivity contribution in [3.63, 3.8) is 0 Å². The van der Waals surface area contributed by atoms with Gasteiger partial charge in [0.25, 0.3) is 0 Å². The van der Waals surface area contributed by atoms with E-state index in [2.05, 4.69) is 39.9 Å². The van der Waals surface area contributed by atoms with Crippen molar-refractivity contribution in [1.82, 2.24) is 5.32 Å². The van der Waals surface area contributed by atoms with Crippen molar-refractivity contribution in [3.05, 3.63) is 0 Å². The molecule has 0 aromatic rings. The third-order valence-electron chi connectivity index (χ3n) is 5.92. The average Bonchev–Trinajstić information content (AvgIpc) is 2.28. The lowest BCUT2D eigenvalue weighted by molar-refractivity contribution is -0.0607. The highest BCUT2D eigenvalue weighted by Crippen LogP contribution is 2.56. The van der Waals surface area contributed by atoms with Crippen molar-refractivity contribution in [1.29, 1.82) is 0 Å². The molecule has 4 unspecified atom stereocenters. The summed E-state index contributed by atoms with van der Waals surface area (Å²) in [4.78, 5) is 0. The molecule has 18 heavy (non-hydrogen) atoms. The number of piperidine rings is 1. The van der Waals surface area contributed by atoms with Crippen LogP contribution in [0.4, 0.5) is 0 Å². The fourth-order valence-corrected chi connectivity index (χ4v) is 5.23. The van der Waals surface area contributed by atoms with Crippen molar-refractivity contribution in [3.8, 4) is 0 Å². The van der Waals surface area contributed by atoms with E-state index in [-0.39, 0.29) is 0 Å². The molecule has 106 valence electrons. The lowest BCUT2D eigenvalue weighted by atomic mass is 9.50. The van der Waals surface area contributed by atoms with Crippen LogP contribution in [0.5, 0.6) is 0 Å². The minimum atomic E-state index is 0.644. The van der Waals surface area contributed by atoms with E-state index in [1.54, 1.807) is 0 Å². The van der Waals surface area contributed by atoms with E-state index in [0.29, 0.717) is 5.41 Å². The first kappa shape index (κ1) is 14.4. The lowest BCUT2D eigenvalue weighted by Gasteiger charge is -2.56. The van der Waals surface area contributed by atoms with Crippen LogP contribution in [-0.4, -0.2) is 13.1 Å². The van der Waals surface area contributed by atoms with Gasteiger partial charge in [0.2, 0.25) is 0 Å². The number of hydrogen-bond donors (Lipinski definition) is 1. The van der Waals surface area contributed by atoms with Crippen molar-refractivity contribution in [2.75, 3.05) is 13.1 Å². The van der Waals surface area contributed by atoms with E-state index in [9.17, 15) is 0 Å². The Kier molecular flexibility index (Phi) is 4.41. The van der Waals surface area contributed by atoms with Gasteiger partial charge in [-0.1, -0.05) is 41.0 Å². The topological polar surface area (TPSA) is 12.0 Å². The normalized spacial score (nSPS) is 41.8. The van der Waals surface area contributed by atoms with Crippen LogP contribution < -0.4 is 5.32 Å². The third kappa shape index (κ3) is 2.48. The second kappa shape index (κ2) is 5.53. The number of nitrogens with one attached hydrogen (secondary N) is 1. The van der Waals surface area contributed by atoms with Crippen LogP contribution in [0.25, 0.3) is 0 Å². The van der Waals surface area contributed by atoms with Crippen molar-refractivity contribution in [2.24, 2.45) is 35.0 Å². The molecule has 1 saturated heterocycles. The standard InChI is InChI=1S/C17H33N/c1-12(2)15-7-6-14(5)10-17(15)8-9-18-11-16(17)13(3)4/h12-16,18H,6-11H2,1-5H3. The van der Waals surface area contributed by atoms with E-state index in [1.807, 2.05) is 0 Å². The van der Waals surface area contributed by atoms with Crippen LogP contribution in [0.15, 0.2) is 0 Å². The van der Waals surface area contributed by atoms with Crippen LogP contribution in [-0.2, 0) is 0 Å². The monoisotopic (exact) mass is 251 g/mol. The van der Waals surface area contributed by atoms with Crippen molar-refractivity contribution in [2.45, 2.75) is 60.3 Å². The van der Waals surface area contributed by atoms with Gasteiger partial charge >= 0.3 is 0 Å². The molecule has 2 rings (SSSR count). The molecule has 2 aliphatic rings. The van der Waals surface area contributed by atoms with E-state index in [0.717, 1.165) is 29.6 Å². The maximum absolute atomic E-state index is 3.66. The van der Waals surface area contributed by atoms with Crippen LogP contribution in [0.2, 0.25) is 0 Å². The summed E-state index contributed by atoms with van der Waals surface area (Å²) in [5, 5.41) is 3.66. The molecule has 1 saturated carbocycles. The first-order valence-electron chi connectivity index (χ1n) is 8.18. The second-order valence-electron chi connectivity index (χ2n) is 7.77. The Morgan fingerprint density at radius 2 is 1.67 bits per heavy atom. The van der Waals surface area contributed by atoms with E-state index >= 15 is 0 Å². The first-order chi connectivity index (χ1) is 8.47. The Bertz CT molecular complexity index is 259. The summed E-state index contributed by atoms with van der Waals surface area (Å²) < 4.78 is 0. The van der Waals surface area contributed by atoms with Crippen LogP contribution in [0, 0.1) is 35.0 Å². The molecule has 0 bridgehead atoms. The van der Waals surface area contributed by atoms with Crippen LogP contribution in [0.3, 0.4) is 0 Å². The molecule has 0 aromatic carbocycles. The molecule has 1 aliphatic heterocycles. The maximum atomic E-state index is 3.66. The Balaban J connectivity index is 2.30. The highest BCUT2D eigenvalue weighted by molar-refractivity contribution is 5.01. The molecular weight excluding hydrogens is 218 g/mol. The molecule has 1 N–H and O–H groups in total. The molecule has 1 aliphatic carbocycles. The number of rotatable bonds is 2. The van der Waals surface area contributed by atoms with Gasteiger partial charge < -0.3 is 5.32 Å². The summed E-state index contributed by atoms with van der Waals surface area (Å²) in [5.41, 5.74) is 0.644. The minimum absolute atomic E-state index is 0.644. The third-order valence-corrected chi connectivity index (χ3v) is 5.92. The largest absolute Gasteiger partial charge is 0.316 e. The van der Waals surface area contributed by atoms with Gasteiger partial charge in [-0.25, -0.2) is 0 Å². The minimum Gasteiger partial charge on any atom is -0.316 e. The molecule has 0 amide bonds. The molecule has 1 heteroatoms. The van der Waals surface area contributed by atoms with Gasteiger partial charge in [-0.2, -0.15) is 0 Å². The summed E-state index contributed by atoms with van der Waals surface area (Å²) in [5.74, 6) is 4.48. The molecule has 1 spiro atoms. The van der Waals surface area contributed by atoms with Crippen molar-refractivity contribution < 1.29 is 0 Å². The van der Waals surface area contributed by atoms with Crippen LogP contribution in [0.1, 0.15) is 60.3 Å². The van der Waals surface area contributed by atoms with Gasteiger partial charge in [0.15, 0.2) is 0 Å². The molecule has 4 atom stereocenters. The second-order valence-corrected chi connectivity index (χ2v) is 7.77. The highest BCUT2D eigenvalue weighted by Gasteiger charge is 2.50. The van der Waals surface area contributed by atoms with Gasteiger partial charge in [-0.05, 0) is 67.4 Å². The Morgan fingerprint density at radius 1 is 1.00 bits per heavy atom. The van der Waals surface area contributed by atoms with E-state index < -0.39 is 0 Å². The Morgan fingerprint density at radius 3 is 2.28 bits per heavy atom. The highest BCUT2D eigenvalue weighted by atomic mass is 14.9. The average molecular weight is 251 g/mol. The fraction of sp³-hybridized carbons (Fsp3) is 1.00. The summed E-state index contributed by atoms with van der Waals surface area (Å²) in [6.07, 6.45) is 5.84. The summed E-state index contributed by atoms with van der Waals surface area (Å²) >= 11 is 0. The molecule has 1 nitrogen and oxygen atoms in total. The van der Waals surface area contributed by atoms with Gasteiger partial charge in [0, 0.05) is 0 Å². The van der Waals surface area contributed by atoms with Gasteiger partial charge in [0.1, 0.15) is 0 Å². The van der Waals surface area contributed by atoms with E-state index in [4.69, 9.17) is 0 Å². The zero-order valence-electron chi connectivity index (χ0n) is 13.1. The first-order valence-corrected chi connectivity index (χ1v) is 8.18. The molecular formula is C17H33N. The fourth-order valence-electron chi connectivity index (χ4n) is 5.23. The summed E-state index contributed by atoms with van der Waals surface area (Å²) in [6.45, 7) is 14.8. The predicted molar refractivity (Wildman–Crippen MR) is 79.6 cm³/mol. The smallest absolute Gasteiger partial charge is 0.00126 e. The summed E-state index contributed by atoms with van der Waals surface area (Å²) in [7, 11) is 0.